The van der Waals surface area contributed by atoms with Crippen LogP contribution in [0.2, 0.25) is 0 Å². The van der Waals surface area contributed by atoms with Gasteiger partial charge in [-0.2, -0.15) is 0 Å². The fraction of sp³-hybridized carbons (Fsp3) is 0.300. The predicted octanol–water partition coefficient (Wildman–Crippen LogP) is 2.20. The van der Waals surface area contributed by atoms with Gasteiger partial charge in [0.1, 0.15) is 0 Å². The zero-order valence-electron chi connectivity index (χ0n) is 13.6. The fourth-order valence-electron chi connectivity index (χ4n) is 4.56. The van der Waals surface area contributed by atoms with Gasteiger partial charge in [-0.25, -0.2) is 0 Å². The first-order valence-corrected chi connectivity index (χ1v) is 8.55. The number of rotatable bonds is 1. The van der Waals surface area contributed by atoms with Crippen LogP contribution in [0, 0.1) is 11.8 Å². The van der Waals surface area contributed by atoms with E-state index in [-0.39, 0.29) is 12.3 Å². The number of ether oxygens (including phenoxy) is 2. The minimum atomic E-state index is -0.647. The molecule has 130 valence electrons. The Morgan fingerprint density at radius 1 is 0.731 bits per heavy atom. The summed E-state index contributed by atoms with van der Waals surface area (Å²) in [5, 5.41) is 1.92. The predicted molar refractivity (Wildman–Crippen MR) is 87.8 cm³/mol. The quantitative estimate of drug-likeness (QED) is 0.579. The first kappa shape index (κ1) is 15.3. The van der Waals surface area contributed by atoms with Crippen LogP contribution in [0.1, 0.15) is 35.8 Å². The van der Waals surface area contributed by atoms with Gasteiger partial charge in [0.05, 0.1) is 24.2 Å². The molecule has 0 spiro atoms. The molecule has 26 heavy (non-hydrogen) atoms. The van der Waals surface area contributed by atoms with Gasteiger partial charge in [0, 0.05) is 0 Å². The van der Waals surface area contributed by atoms with Crippen molar-refractivity contribution < 1.29 is 28.7 Å². The second-order valence-electron chi connectivity index (χ2n) is 7.10. The largest absolute Gasteiger partial charge is 0.393 e. The van der Waals surface area contributed by atoms with Gasteiger partial charge in [0.15, 0.2) is 0 Å². The molecular formula is C20H14O6. The van der Waals surface area contributed by atoms with E-state index in [1.165, 1.54) is 0 Å². The standard InChI is InChI=1S/C20H14O6/c21-16-8-14(18(22)25-16)12-7-15-17(20(24)26-19(15)23)13-6-10-4-2-1-3-9(10)5-11(12)13/h1-6,12,14-15,17H,7-8H2. The summed E-state index contributed by atoms with van der Waals surface area (Å²) in [7, 11) is 0. The van der Waals surface area contributed by atoms with Crippen LogP contribution in [-0.2, 0) is 28.7 Å². The van der Waals surface area contributed by atoms with Gasteiger partial charge in [-0.05, 0) is 40.3 Å². The third-order valence-electron chi connectivity index (χ3n) is 5.74. The van der Waals surface area contributed by atoms with Crippen molar-refractivity contribution in [3.8, 4) is 0 Å². The van der Waals surface area contributed by atoms with Crippen LogP contribution in [0.25, 0.3) is 10.8 Å². The molecule has 4 unspecified atom stereocenters. The Bertz CT molecular complexity index is 1010. The first-order valence-electron chi connectivity index (χ1n) is 8.55. The molecule has 6 heteroatoms. The summed E-state index contributed by atoms with van der Waals surface area (Å²) < 4.78 is 9.60. The first-order chi connectivity index (χ1) is 12.5. The van der Waals surface area contributed by atoms with Crippen LogP contribution in [0.5, 0.6) is 0 Å². The van der Waals surface area contributed by atoms with Gasteiger partial charge in [0.25, 0.3) is 0 Å². The number of benzene rings is 2. The SMILES string of the molecule is O=C1CC(C2CC3C(=O)OC(=O)C3c3cc4ccccc4cc32)C(=O)O1. The van der Waals surface area contributed by atoms with Crippen LogP contribution in [0.15, 0.2) is 36.4 Å². The highest BCUT2D eigenvalue weighted by Crippen LogP contribution is 2.51. The fourth-order valence-corrected chi connectivity index (χ4v) is 4.56. The number of hydrogen-bond donors (Lipinski definition) is 0. The van der Waals surface area contributed by atoms with Gasteiger partial charge in [0.2, 0.25) is 0 Å². The van der Waals surface area contributed by atoms with Crippen LogP contribution >= 0.6 is 0 Å². The molecule has 1 aliphatic carbocycles. The molecule has 3 aliphatic rings. The lowest BCUT2D eigenvalue weighted by Gasteiger charge is -2.33. The Balaban J connectivity index is 1.72. The summed E-state index contributed by atoms with van der Waals surface area (Å²) in [6.45, 7) is 0. The van der Waals surface area contributed by atoms with Crippen LogP contribution in [0.3, 0.4) is 0 Å². The Morgan fingerprint density at radius 2 is 1.38 bits per heavy atom. The van der Waals surface area contributed by atoms with Crippen molar-refractivity contribution in [1.29, 1.82) is 0 Å². The topological polar surface area (TPSA) is 86.7 Å². The highest BCUT2D eigenvalue weighted by molar-refractivity contribution is 6.02. The van der Waals surface area contributed by atoms with Crippen LogP contribution in [0.4, 0.5) is 0 Å². The number of carbonyl (C=O) groups excluding carboxylic acids is 4. The molecule has 2 aromatic carbocycles. The molecular weight excluding hydrogens is 336 g/mol. The molecule has 4 atom stereocenters. The number of esters is 4. The number of carbonyl (C=O) groups is 4. The second kappa shape index (κ2) is 5.24. The van der Waals surface area contributed by atoms with Gasteiger partial charge in [-0.15, -0.1) is 0 Å². The van der Waals surface area contributed by atoms with E-state index >= 15 is 0 Å². The van der Waals surface area contributed by atoms with E-state index in [1.54, 1.807) is 0 Å². The van der Waals surface area contributed by atoms with Crippen molar-refractivity contribution in [2.75, 3.05) is 0 Å². The van der Waals surface area contributed by atoms with E-state index in [2.05, 4.69) is 0 Å². The molecule has 2 heterocycles. The molecule has 0 amide bonds. The van der Waals surface area contributed by atoms with Crippen LogP contribution in [-0.4, -0.2) is 23.9 Å². The van der Waals surface area contributed by atoms with Gasteiger partial charge < -0.3 is 9.47 Å². The van der Waals surface area contributed by atoms with Crippen molar-refractivity contribution in [2.24, 2.45) is 11.8 Å². The molecule has 0 aromatic heterocycles. The summed E-state index contributed by atoms with van der Waals surface area (Å²) in [5.41, 5.74) is 1.54. The van der Waals surface area contributed by atoms with E-state index in [9.17, 15) is 19.2 Å². The molecule has 2 saturated heterocycles. The zero-order valence-corrected chi connectivity index (χ0v) is 13.6. The average molecular weight is 350 g/mol. The highest BCUT2D eigenvalue weighted by atomic mass is 16.6. The van der Waals surface area contributed by atoms with Gasteiger partial charge >= 0.3 is 23.9 Å². The minimum absolute atomic E-state index is 0.00382. The summed E-state index contributed by atoms with van der Waals surface area (Å²) in [6.07, 6.45) is 0.295. The Labute approximate surface area is 148 Å². The Hall–Kier alpha value is -3.02. The third-order valence-corrected chi connectivity index (χ3v) is 5.74. The maximum absolute atomic E-state index is 12.3. The minimum Gasteiger partial charge on any atom is -0.393 e. The van der Waals surface area contributed by atoms with E-state index in [1.807, 2.05) is 36.4 Å². The summed E-state index contributed by atoms with van der Waals surface area (Å²) in [6, 6.07) is 11.6. The van der Waals surface area contributed by atoms with E-state index in [4.69, 9.17) is 9.47 Å². The molecule has 6 nitrogen and oxygen atoms in total. The average Bonchev–Trinajstić information content (AvgIpc) is 3.10. The smallest absolute Gasteiger partial charge is 0.321 e. The van der Waals surface area contributed by atoms with Gasteiger partial charge in [-0.3, -0.25) is 19.2 Å². The van der Waals surface area contributed by atoms with Crippen molar-refractivity contribution in [3.05, 3.63) is 47.5 Å². The highest BCUT2D eigenvalue weighted by Gasteiger charge is 2.53. The molecule has 0 radical (unpaired) electrons. The maximum atomic E-state index is 12.3. The Morgan fingerprint density at radius 3 is 2.04 bits per heavy atom. The lowest BCUT2D eigenvalue weighted by Crippen LogP contribution is -2.31. The maximum Gasteiger partial charge on any atom is 0.321 e. The summed E-state index contributed by atoms with van der Waals surface area (Å²) in [5.74, 6) is -4.46. The molecule has 0 N–H and O–H groups in total. The monoisotopic (exact) mass is 350 g/mol. The van der Waals surface area contributed by atoms with E-state index < -0.39 is 41.6 Å². The van der Waals surface area contributed by atoms with E-state index in [0.717, 1.165) is 16.3 Å². The number of hydrogen-bond acceptors (Lipinski definition) is 6. The van der Waals surface area contributed by atoms with Crippen molar-refractivity contribution in [1.82, 2.24) is 0 Å². The molecule has 2 fully saturated rings. The van der Waals surface area contributed by atoms with Gasteiger partial charge in [-0.1, -0.05) is 30.3 Å². The Kier molecular flexibility index (Phi) is 3.07. The summed E-state index contributed by atoms with van der Waals surface area (Å²) >= 11 is 0. The second-order valence-corrected chi connectivity index (χ2v) is 7.10. The number of cyclic esters (lactones) is 4. The molecule has 2 aromatic rings. The number of fused-ring (bicyclic) bond motifs is 4. The molecule has 0 saturated carbocycles. The van der Waals surface area contributed by atoms with E-state index in [0.29, 0.717) is 12.0 Å². The van der Waals surface area contributed by atoms with Crippen LogP contribution < -0.4 is 0 Å². The normalized spacial score (nSPS) is 30.2. The van der Waals surface area contributed by atoms with Crippen molar-refractivity contribution >= 4 is 34.6 Å². The lowest BCUT2D eigenvalue weighted by molar-refractivity contribution is -0.155. The molecule has 5 rings (SSSR count). The van der Waals surface area contributed by atoms with Crippen molar-refractivity contribution in [2.45, 2.75) is 24.7 Å². The molecule has 0 bridgehead atoms. The lowest BCUT2D eigenvalue weighted by atomic mass is 9.66. The van der Waals surface area contributed by atoms with Crippen molar-refractivity contribution in [3.63, 3.8) is 0 Å². The zero-order chi connectivity index (χ0) is 18.0. The molecule has 2 aliphatic heterocycles. The summed E-state index contributed by atoms with van der Waals surface area (Å²) in [4.78, 5) is 48.2. The third kappa shape index (κ3) is 2.05.